The average molecular weight is 497 g/mol. The first-order chi connectivity index (χ1) is 16.3. The Hall–Kier alpha value is -3.68. The fraction of sp³-hybridized carbons (Fsp3) is 0.120. The Morgan fingerprint density at radius 3 is 2.15 bits per heavy atom. The lowest BCUT2D eigenvalue weighted by molar-refractivity contribution is -0.151. The van der Waals surface area contributed by atoms with Crippen LogP contribution in [0.4, 0.5) is 5.69 Å². The number of imide groups is 1. The average Bonchev–Trinajstić information content (AvgIpc) is 3.09. The summed E-state index contributed by atoms with van der Waals surface area (Å²) in [5.74, 6) is -2.72. The van der Waals surface area contributed by atoms with E-state index in [4.69, 9.17) is 27.9 Å². The molecule has 4 rings (SSSR count). The number of nitrogens with zero attached hydrogens (tertiary/aromatic N) is 1. The summed E-state index contributed by atoms with van der Waals surface area (Å²) in [7, 11) is 0. The van der Waals surface area contributed by atoms with Crippen LogP contribution in [-0.4, -0.2) is 41.2 Å². The maximum absolute atomic E-state index is 13.1. The Bertz CT molecular complexity index is 1240. The van der Waals surface area contributed by atoms with Crippen LogP contribution in [0.3, 0.4) is 0 Å². The molecule has 0 radical (unpaired) electrons. The third kappa shape index (κ3) is 4.95. The van der Waals surface area contributed by atoms with Gasteiger partial charge in [-0.3, -0.25) is 19.3 Å². The van der Waals surface area contributed by atoms with Crippen LogP contribution in [-0.2, 0) is 20.7 Å². The summed E-state index contributed by atoms with van der Waals surface area (Å²) >= 11 is 12.0. The molecular formula is C25H18Cl2N2O5. The lowest BCUT2D eigenvalue weighted by Crippen LogP contribution is -2.47. The molecule has 0 fully saturated rings. The molecule has 1 atom stereocenters. The Balaban J connectivity index is 1.52. The first kappa shape index (κ1) is 23.5. The molecule has 0 aliphatic carbocycles. The summed E-state index contributed by atoms with van der Waals surface area (Å²) in [6.45, 7) is -0.643. The minimum absolute atomic E-state index is 0.0346. The predicted molar refractivity (Wildman–Crippen MR) is 127 cm³/mol. The number of carbonyl (C=O) groups excluding carboxylic acids is 4. The van der Waals surface area contributed by atoms with Gasteiger partial charge >= 0.3 is 5.97 Å². The number of ether oxygens (including phenoxy) is 1. The van der Waals surface area contributed by atoms with Crippen LogP contribution in [0.1, 0.15) is 26.3 Å². The molecule has 1 N–H and O–H groups in total. The number of carbonyl (C=O) groups is 4. The lowest BCUT2D eigenvalue weighted by Gasteiger charge is -2.24. The fourth-order valence-electron chi connectivity index (χ4n) is 3.62. The van der Waals surface area contributed by atoms with E-state index in [1.54, 1.807) is 42.5 Å². The van der Waals surface area contributed by atoms with E-state index >= 15 is 0 Å². The van der Waals surface area contributed by atoms with Crippen LogP contribution in [0.15, 0.2) is 72.8 Å². The van der Waals surface area contributed by atoms with Crippen molar-refractivity contribution in [3.63, 3.8) is 0 Å². The quantitative estimate of drug-likeness (QED) is 0.386. The lowest BCUT2D eigenvalue weighted by atomic mass is 10.0. The molecule has 0 aromatic heterocycles. The summed E-state index contributed by atoms with van der Waals surface area (Å²) in [6.07, 6.45) is 0.0346. The summed E-state index contributed by atoms with van der Waals surface area (Å²) in [6, 6.07) is 18.5. The van der Waals surface area contributed by atoms with Gasteiger partial charge in [0.2, 0.25) is 0 Å². The number of anilines is 1. The highest BCUT2D eigenvalue weighted by molar-refractivity contribution is 6.35. The van der Waals surface area contributed by atoms with E-state index in [1.165, 1.54) is 24.3 Å². The SMILES string of the molecule is O=C(COC(=O)C(Cc1ccccc1)N1C(=O)c2ccccc2C1=O)Nc1cc(Cl)ccc1Cl. The Labute approximate surface area is 205 Å². The van der Waals surface area contributed by atoms with Gasteiger partial charge in [0.25, 0.3) is 17.7 Å². The molecule has 0 saturated carbocycles. The number of nitrogens with one attached hydrogen (secondary N) is 1. The van der Waals surface area contributed by atoms with Crippen LogP contribution in [0.25, 0.3) is 0 Å². The van der Waals surface area contributed by atoms with Gasteiger partial charge in [-0.2, -0.15) is 0 Å². The van der Waals surface area contributed by atoms with Gasteiger partial charge in [0, 0.05) is 11.4 Å². The molecule has 0 saturated heterocycles. The van der Waals surface area contributed by atoms with Crippen LogP contribution >= 0.6 is 23.2 Å². The highest BCUT2D eigenvalue weighted by Crippen LogP contribution is 2.27. The number of esters is 1. The van der Waals surface area contributed by atoms with Crippen molar-refractivity contribution in [2.75, 3.05) is 11.9 Å². The smallest absolute Gasteiger partial charge is 0.330 e. The number of benzene rings is 3. The number of rotatable bonds is 7. The highest BCUT2D eigenvalue weighted by atomic mass is 35.5. The molecule has 1 aliphatic rings. The third-order valence-electron chi connectivity index (χ3n) is 5.23. The van der Waals surface area contributed by atoms with E-state index in [9.17, 15) is 19.2 Å². The summed E-state index contributed by atoms with van der Waals surface area (Å²) in [4.78, 5) is 52.3. The Kier molecular flexibility index (Phi) is 6.95. The van der Waals surface area contributed by atoms with Crippen molar-refractivity contribution in [3.8, 4) is 0 Å². The van der Waals surface area contributed by atoms with Gasteiger partial charge in [-0.25, -0.2) is 4.79 Å². The fourth-order valence-corrected chi connectivity index (χ4v) is 3.96. The Morgan fingerprint density at radius 1 is 0.882 bits per heavy atom. The summed E-state index contributed by atoms with van der Waals surface area (Å²) in [5.41, 5.74) is 1.41. The summed E-state index contributed by atoms with van der Waals surface area (Å²) in [5, 5.41) is 3.14. The second-order valence-electron chi connectivity index (χ2n) is 7.51. The van der Waals surface area contributed by atoms with Gasteiger partial charge in [-0.05, 0) is 35.9 Å². The molecule has 3 amide bonds. The molecule has 1 unspecified atom stereocenters. The molecule has 3 aromatic carbocycles. The number of fused-ring (bicyclic) bond motifs is 1. The zero-order valence-electron chi connectivity index (χ0n) is 17.7. The van der Waals surface area contributed by atoms with Crippen LogP contribution in [0, 0.1) is 0 Å². The number of hydrogen-bond acceptors (Lipinski definition) is 5. The van der Waals surface area contributed by atoms with Crippen molar-refractivity contribution in [2.45, 2.75) is 12.5 Å². The van der Waals surface area contributed by atoms with Gasteiger partial charge < -0.3 is 10.1 Å². The molecule has 34 heavy (non-hydrogen) atoms. The standard InChI is InChI=1S/C25H18Cl2N2O5/c26-16-10-11-19(27)20(13-16)28-22(30)14-34-25(33)21(12-15-6-2-1-3-7-15)29-23(31)17-8-4-5-9-18(17)24(29)32/h1-11,13,21H,12,14H2,(H,28,30). The van der Waals surface area contributed by atoms with Crippen LogP contribution in [0.2, 0.25) is 10.0 Å². The molecule has 1 heterocycles. The molecule has 1 aliphatic heterocycles. The topological polar surface area (TPSA) is 92.8 Å². The van der Waals surface area contributed by atoms with Crippen molar-refractivity contribution >= 4 is 52.6 Å². The van der Waals surface area contributed by atoms with E-state index in [0.29, 0.717) is 5.02 Å². The van der Waals surface area contributed by atoms with E-state index < -0.39 is 36.3 Å². The summed E-state index contributed by atoms with van der Waals surface area (Å²) < 4.78 is 5.22. The predicted octanol–water partition coefficient (Wildman–Crippen LogP) is 4.38. The molecule has 0 spiro atoms. The van der Waals surface area contributed by atoms with Gasteiger partial charge in [0.15, 0.2) is 6.61 Å². The first-order valence-electron chi connectivity index (χ1n) is 10.3. The normalized spacial score (nSPS) is 13.4. The molecule has 0 bridgehead atoms. The zero-order valence-corrected chi connectivity index (χ0v) is 19.2. The van der Waals surface area contributed by atoms with Crippen LogP contribution < -0.4 is 5.32 Å². The van der Waals surface area contributed by atoms with Crippen molar-refractivity contribution in [2.24, 2.45) is 0 Å². The van der Waals surface area contributed by atoms with E-state index in [2.05, 4.69) is 5.32 Å². The molecule has 3 aromatic rings. The maximum Gasteiger partial charge on any atom is 0.330 e. The van der Waals surface area contributed by atoms with Crippen molar-refractivity contribution in [3.05, 3.63) is 99.5 Å². The maximum atomic E-state index is 13.1. The minimum Gasteiger partial charge on any atom is -0.454 e. The molecular weight excluding hydrogens is 479 g/mol. The number of halogens is 2. The van der Waals surface area contributed by atoms with Crippen molar-refractivity contribution < 1.29 is 23.9 Å². The van der Waals surface area contributed by atoms with E-state index in [1.807, 2.05) is 6.07 Å². The molecule has 172 valence electrons. The van der Waals surface area contributed by atoms with Crippen LogP contribution in [0.5, 0.6) is 0 Å². The van der Waals surface area contributed by atoms with E-state index in [-0.39, 0.29) is 28.3 Å². The molecule has 7 nitrogen and oxygen atoms in total. The first-order valence-corrected chi connectivity index (χ1v) is 11.0. The van der Waals surface area contributed by atoms with Gasteiger partial charge in [0.05, 0.1) is 21.8 Å². The third-order valence-corrected chi connectivity index (χ3v) is 5.79. The van der Waals surface area contributed by atoms with Gasteiger partial charge in [-0.1, -0.05) is 65.7 Å². The number of hydrogen-bond donors (Lipinski definition) is 1. The minimum atomic E-state index is -1.25. The van der Waals surface area contributed by atoms with E-state index in [0.717, 1.165) is 10.5 Å². The van der Waals surface area contributed by atoms with Crippen molar-refractivity contribution in [1.82, 2.24) is 4.90 Å². The number of amides is 3. The Morgan fingerprint density at radius 2 is 1.50 bits per heavy atom. The van der Waals surface area contributed by atoms with Gasteiger partial charge in [-0.15, -0.1) is 0 Å². The largest absolute Gasteiger partial charge is 0.454 e. The highest BCUT2D eigenvalue weighted by Gasteiger charge is 2.43. The molecule has 9 heteroatoms. The van der Waals surface area contributed by atoms with Gasteiger partial charge in [0.1, 0.15) is 6.04 Å². The monoisotopic (exact) mass is 496 g/mol. The van der Waals surface area contributed by atoms with Crippen molar-refractivity contribution in [1.29, 1.82) is 0 Å². The second-order valence-corrected chi connectivity index (χ2v) is 8.36. The zero-order chi connectivity index (χ0) is 24.2. The second kappa shape index (κ2) is 10.1.